The summed E-state index contributed by atoms with van der Waals surface area (Å²) in [4.78, 5) is 6.45. The Balaban J connectivity index is 2.56. The molecule has 0 aliphatic heterocycles. The van der Waals surface area contributed by atoms with Crippen molar-refractivity contribution in [3.05, 3.63) is 17.0 Å². The number of fused-ring (bicyclic) bond motifs is 1. The fourth-order valence-corrected chi connectivity index (χ4v) is 1.65. The molecule has 4 nitrogen and oxygen atoms in total. The highest BCUT2D eigenvalue weighted by atomic mass is 16.7. The van der Waals surface area contributed by atoms with Crippen molar-refractivity contribution in [2.24, 2.45) is 0 Å². The van der Waals surface area contributed by atoms with Gasteiger partial charge in [0.2, 0.25) is 0 Å². The van der Waals surface area contributed by atoms with Crippen LogP contribution in [0.3, 0.4) is 0 Å². The molecule has 0 saturated carbocycles. The molecule has 4 heteroatoms. The number of nitrogens with zero attached hydrogens (tertiary/aromatic N) is 3. The van der Waals surface area contributed by atoms with Crippen LogP contribution in [0.4, 0.5) is 0 Å². The van der Waals surface area contributed by atoms with Crippen LogP contribution < -0.4 is 4.84 Å². The standard InChI is InChI=1S/C8H9N3O/c1-12-11-8-4-2-3-6(8)7(5-9)10-11/h2-4H2,1H3. The van der Waals surface area contributed by atoms with Gasteiger partial charge in [0.25, 0.3) is 0 Å². The zero-order valence-electron chi connectivity index (χ0n) is 6.87. The van der Waals surface area contributed by atoms with Crippen molar-refractivity contribution >= 4 is 0 Å². The smallest absolute Gasteiger partial charge is 0.169 e. The summed E-state index contributed by atoms with van der Waals surface area (Å²) in [5, 5.41) is 12.7. The molecular formula is C8H9N3O. The number of rotatable bonds is 1. The van der Waals surface area contributed by atoms with Gasteiger partial charge in [-0.05, 0) is 19.3 Å². The fourth-order valence-electron chi connectivity index (χ4n) is 1.65. The Hall–Kier alpha value is -1.50. The molecule has 12 heavy (non-hydrogen) atoms. The minimum Gasteiger partial charge on any atom is -0.400 e. The third-order valence-electron chi connectivity index (χ3n) is 2.18. The van der Waals surface area contributed by atoms with E-state index in [9.17, 15) is 0 Å². The van der Waals surface area contributed by atoms with E-state index in [0.29, 0.717) is 5.69 Å². The average Bonchev–Trinajstić information content (AvgIpc) is 2.63. The Morgan fingerprint density at radius 1 is 1.58 bits per heavy atom. The van der Waals surface area contributed by atoms with E-state index in [-0.39, 0.29) is 0 Å². The van der Waals surface area contributed by atoms with Gasteiger partial charge in [0.15, 0.2) is 5.69 Å². The molecule has 0 atom stereocenters. The van der Waals surface area contributed by atoms with E-state index in [1.165, 1.54) is 4.85 Å². The second kappa shape index (κ2) is 2.52. The Labute approximate surface area is 70.3 Å². The molecular weight excluding hydrogens is 154 g/mol. The van der Waals surface area contributed by atoms with E-state index in [2.05, 4.69) is 11.2 Å². The Kier molecular flexibility index (Phi) is 1.51. The Bertz CT molecular complexity index is 348. The average molecular weight is 163 g/mol. The third-order valence-corrected chi connectivity index (χ3v) is 2.18. The van der Waals surface area contributed by atoms with Crippen molar-refractivity contribution in [2.45, 2.75) is 19.3 Å². The first-order valence-corrected chi connectivity index (χ1v) is 3.92. The molecule has 0 N–H and O–H groups in total. The van der Waals surface area contributed by atoms with Crippen LogP contribution in [0.1, 0.15) is 23.4 Å². The van der Waals surface area contributed by atoms with Gasteiger partial charge >= 0.3 is 0 Å². The highest BCUT2D eigenvalue weighted by molar-refractivity contribution is 5.37. The summed E-state index contributed by atoms with van der Waals surface area (Å²) in [6.07, 6.45) is 3.03. The van der Waals surface area contributed by atoms with Crippen molar-refractivity contribution in [3.63, 3.8) is 0 Å². The molecule has 62 valence electrons. The summed E-state index contributed by atoms with van der Waals surface area (Å²) in [6.45, 7) is 0. The third kappa shape index (κ3) is 0.797. The van der Waals surface area contributed by atoms with Gasteiger partial charge in [-0.15, -0.1) is 9.94 Å². The van der Waals surface area contributed by atoms with E-state index in [4.69, 9.17) is 10.1 Å². The summed E-state index contributed by atoms with van der Waals surface area (Å²) in [5.74, 6) is 0. The second-order valence-electron chi connectivity index (χ2n) is 2.79. The molecule has 1 heterocycles. The van der Waals surface area contributed by atoms with Crippen LogP contribution >= 0.6 is 0 Å². The van der Waals surface area contributed by atoms with Crippen LogP contribution in [0.15, 0.2) is 0 Å². The van der Waals surface area contributed by atoms with Gasteiger partial charge in [0.05, 0.1) is 5.69 Å². The molecule has 2 rings (SSSR count). The van der Waals surface area contributed by atoms with Gasteiger partial charge in [-0.1, -0.05) is 0 Å². The van der Waals surface area contributed by atoms with Crippen LogP contribution in [0, 0.1) is 11.3 Å². The van der Waals surface area contributed by atoms with E-state index >= 15 is 0 Å². The summed E-state index contributed by atoms with van der Waals surface area (Å²) >= 11 is 0. The van der Waals surface area contributed by atoms with Crippen LogP contribution in [0.2, 0.25) is 0 Å². The van der Waals surface area contributed by atoms with Crippen molar-refractivity contribution in [2.75, 3.05) is 7.11 Å². The molecule has 0 saturated heterocycles. The quantitative estimate of drug-likeness (QED) is 0.598. The maximum atomic E-state index is 8.73. The first-order chi connectivity index (χ1) is 5.86. The normalized spacial score (nSPS) is 14.0. The van der Waals surface area contributed by atoms with Gasteiger partial charge in [-0.2, -0.15) is 5.26 Å². The molecule has 1 aromatic rings. The summed E-state index contributed by atoms with van der Waals surface area (Å²) in [6, 6.07) is 2.07. The lowest BCUT2D eigenvalue weighted by Gasteiger charge is -1.99. The molecule has 0 radical (unpaired) electrons. The highest BCUT2D eigenvalue weighted by Gasteiger charge is 2.22. The van der Waals surface area contributed by atoms with E-state index in [1.807, 2.05) is 0 Å². The van der Waals surface area contributed by atoms with E-state index < -0.39 is 0 Å². The predicted molar refractivity (Wildman–Crippen MR) is 41.5 cm³/mol. The molecule has 0 unspecified atom stereocenters. The lowest BCUT2D eigenvalue weighted by molar-refractivity contribution is 0.126. The van der Waals surface area contributed by atoms with Gasteiger partial charge < -0.3 is 4.84 Å². The molecule has 0 bridgehead atoms. The van der Waals surface area contributed by atoms with Gasteiger partial charge in [0, 0.05) is 5.56 Å². The zero-order valence-corrected chi connectivity index (χ0v) is 6.87. The Morgan fingerprint density at radius 2 is 2.42 bits per heavy atom. The van der Waals surface area contributed by atoms with Crippen molar-refractivity contribution in [3.8, 4) is 6.07 Å². The molecule has 1 aromatic heterocycles. The van der Waals surface area contributed by atoms with Gasteiger partial charge in [-0.3, -0.25) is 0 Å². The first-order valence-electron chi connectivity index (χ1n) is 3.92. The summed E-state index contributed by atoms with van der Waals surface area (Å²) < 4.78 is 0. The zero-order chi connectivity index (χ0) is 8.55. The molecule has 1 aliphatic carbocycles. The number of aromatic nitrogens is 2. The van der Waals surface area contributed by atoms with Crippen LogP contribution in [-0.2, 0) is 12.8 Å². The summed E-state index contributed by atoms with van der Waals surface area (Å²) in [5.41, 5.74) is 2.65. The second-order valence-corrected chi connectivity index (χ2v) is 2.79. The van der Waals surface area contributed by atoms with Crippen LogP contribution in [0.25, 0.3) is 0 Å². The predicted octanol–water partition coefficient (Wildman–Crippen LogP) is 0.302. The number of hydrogen-bond donors (Lipinski definition) is 0. The lowest BCUT2D eigenvalue weighted by Crippen LogP contribution is -2.10. The van der Waals surface area contributed by atoms with Crippen LogP contribution in [0.5, 0.6) is 0 Å². The number of nitriles is 1. The number of hydrogen-bond acceptors (Lipinski definition) is 3. The van der Waals surface area contributed by atoms with Crippen molar-refractivity contribution < 1.29 is 4.84 Å². The van der Waals surface area contributed by atoms with Crippen molar-refractivity contribution in [1.82, 2.24) is 9.94 Å². The van der Waals surface area contributed by atoms with Gasteiger partial charge in [-0.25, -0.2) is 0 Å². The van der Waals surface area contributed by atoms with Crippen molar-refractivity contribution in [1.29, 1.82) is 5.26 Å². The SMILES string of the molecule is COn1nc(C#N)c2c1CCC2. The monoisotopic (exact) mass is 163 g/mol. The van der Waals surface area contributed by atoms with E-state index in [0.717, 1.165) is 30.5 Å². The maximum Gasteiger partial charge on any atom is 0.169 e. The molecule has 0 aromatic carbocycles. The molecule has 0 spiro atoms. The fraction of sp³-hybridized carbons (Fsp3) is 0.500. The lowest BCUT2D eigenvalue weighted by atomic mass is 10.2. The Morgan fingerprint density at radius 3 is 3.08 bits per heavy atom. The van der Waals surface area contributed by atoms with E-state index in [1.54, 1.807) is 7.11 Å². The van der Waals surface area contributed by atoms with Crippen LogP contribution in [-0.4, -0.2) is 17.1 Å². The molecule has 1 aliphatic rings. The minimum atomic E-state index is 0.518. The first kappa shape index (κ1) is 7.17. The maximum absolute atomic E-state index is 8.73. The van der Waals surface area contributed by atoms with Gasteiger partial charge in [0.1, 0.15) is 13.2 Å². The highest BCUT2D eigenvalue weighted by Crippen LogP contribution is 2.23. The topological polar surface area (TPSA) is 50.8 Å². The minimum absolute atomic E-state index is 0.518. The molecule has 0 amide bonds. The summed E-state index contributed by atoms with van der Waals surface area (Å²) in [7, 11) is 1.56. The molecule has 0 fully saturated rings. The largest absolute Gasteiger partial charge is 0.400 e.